The number of carbonyl (C=O) groups excluding carboxylic acids is 1. The molecule has 158 valence electrons. The van der Waals surface area contributed by atoms with E-state index in [4.69, 9.17) is 0 Å². The highest BCUT2D eigenvalue weighted by Gasteiger charge is 2.13. The van der Waals surface area contributed by atoms with E-state index in [0.717, 1.165) is 32.1 Å². The van der Waals surface area contributed by atoms with Crippen molar-refractivity contribution >= 4 is 22.2 Å². The van der Waals surface area contributed by atoms with Gasteiger partial charge in [-0.1, -0.05) is 72.3 Å². The van der Waals surface area contributed by atoms with Gasteiger partial charge in [-0.15, -0.1) is 0 Å². The van der Waals surface area contributed by atoms with Crippen molar-refractivity contribution in [2.75, 3.05) is 0 Å². The van der Waals surface area contributed by atoms with E-state index in [9.17, 15) is 9.59 Å². The summed E-state index contributed by atoms with van der Waals surface area (Å²) in [5, 5.41) is 13.7. The molecule has 2 heterocycles. The summed E-state index contributed by atoms with van der Waals surface area (Å²) >= 11 is 0. The summed E-state index contributed by atoms with van der Waals surface area (Å²) in [5.41, 5.74) is 3.78. The third-order valence-corrected chi connectivity index (χ3v) is 5.46. The van der Waals surface area contributed by atoms with Crippen LogP contribution < -0.4 is 10.9 Å². The van der Waals surface area contributed by atoms with Gasteiger partial charge >= 0.3 is 0 Å². The minimum Gasteiger partial charge on any atom is -0.350 e. The standard InChI is InChI=1S/C25H21N5O2/c1-17-9-11-18(12-10-17)14-26-24(31)15-29-25(32)23-13-22(28-30(23)16-27-29)21-8-4-6-19-5-2-3-7-20(19)21/h2-13,16H,14-15H2,1H3,(H,26,31). The van der Waals surface area contributed by atoms with Crippen LogP contribution >= 0.6 is 0 Å². The van der Waals surface area contributed by atoms with E-state index in [1.165, 1.54) is 10.8 Å². The van der Waals surface area contributed by atoms with Crippen LogP contribution in [0.4, 0.5) is 0 Å². The van der Waals surface area contributed by atoms with Gasteiger partial charge in [0.15, 0.2) is 0 Å². The number of amides is 1. The number of aryl methyl sites for hydroxylation is 1. The summed E-state index contributed by atoms with van der Waals surface area (Å²) in [5.74, 6) is -0.279. The number of aromatic nitrogens is 4. The number of rotatable bonds is 5. The van der Waals surface area contributed by atoms with E-state index in [2.05, 4.69) is 15.5 Å². The molecule has 0 fully saturated rings. The van der Waals surface area contributed by atoms with Crippen LogP contribution in [0.1, 0.15) is 11.1 Å². The van der Waals surface area contributed by atoms with Crippen LogP contribution in [0.5, 0.6) is 0 Å². The molecule has 7 nitrogen and oxygen atoms in total. The molecule has 1 N–H and O–H groups in total. The molecule has 0 spiro atoms. The number of fused-ring (bicyclic) bond motifs is 2. The first-order chi connectivity index (χ1) is 15.6. The van der Waals surface area contributed by atoms with Crippen molar-refractivity contribution in [2.24, 2.45) is 0 Å². The minimum atomic E-state index is -0.364. The lowest BCUT2D eigenvalue weighted by molar-refractivity contribution is -0.122. The molecule has 0 radical (unpaired) electrons. The number of hydrogen-bond donors (Lipinski definition) is 1. The Morgan fingerprint density at radius 1 is 1.00 bits per heavy atom. The Balaban J connectivity index is 1.40. The molecular formula is C25H21N5O2. The zero-order valence-electron chi connectivity index (χ0n) is 17.5. The van der Waals surface area contributed by atoms with E-state index in [1.54, 1.807) is 6.07 Å². The average molecular weight is 423 g/mol. The van der Waals surface area contributed by atoms with Crippen molar-refractivity contribution in [2.45, 2.75) is 20.0 Å². The van der Waals surface area contributed by atoms with Crippen molar-refractivity contribution in [3.8, 4) is 11.3 Å². The Labute approximate surface area is 183 Å². The third kappa shape index (κ3) is 3.76. The summed E-state index contributed by atoms with van der Waals surface area (Å²) in [6, 6.07) is 23.7. The molecule has 5 rings (SSSR count). The summed E-state index contributed by atoms with van der Waals surface area (Å²) < 4.78 is 2.62. The molecule has 0 atom stereocenters. The second-order valence-electron chi connectivity index (χ2n) is 7.74. The number of carbonyl (C=O) groups is 1. The smallest absolute Gasteiger partial charge is 0.293 e. The van der Waals surface area contributed by atoms with E-state index >= 15 is 0 Å². The predicted octanol–water partition coefficient (Wildman–Crippen LogP) is 3.34. The molecule has 0 saturated heterocycles. The highest BCUT2D eigenvalue weighted by molar-refractivity contribution is 5.96. The van der Waals surface area contributed by atoms with Crippen LogP contribution in [0.3, 0.4) is 0 Å². The quantitative estimate of drug-likeness (QED) is 0.470. The lowest BCUT2D eigenvalue weighted by atomic mass is 10.0. The number of hydrogen-bond acceptors (Lipinski definition) is 4. The average Bonchev–Trinajstić information content (AvgIpc) is 3.25. The number of nitrogens with one attached hydrogen (secondary N) is 1. The summed E-state index contributed by atoms with van der Waals surface area (Å²) in [6.07, 6.45) is 1.46. The summed E-state index contributed by atoms with van der Waals surface area (Å²) in [4.78, 5) is 25.3. The SMILES string of the molecule is Cc1ccc(CNC(=O)Cn2ncn3nc(-c4cccc5ccccc45)cc3c2=O)cc1. The molecule has 3 aromatic carbocycles. The maximum atomic E-state index is 12.9. The van der Waals surface area contributed by atoms with Gasteiger partial charge in [-0.05, 0) is 29.3 Å². The fourth-order valence-electron chi connectivity index (χ4n) is 3.73. The molecule has 0 aliphatic heterocycles. The Bertz CT molecular complexity index is 1490. The third-order valence-electron chi connectivity index (χ3n) is 5.46. The largest absolute Gasteiger partial charge is 0.350 e. The second-order valence-corrected chi connectivity index (χ2v) is 7.74. The van der Waals surface area contributed by atoms with Crippen LogP contribution in [0.25, 0.3) is 27.5 Å². The topological polar surface area (TPSA) is 81.3 Å². The van der Waals surface area contributed by atoms with Crippen molar-refractivity contribution in [1.29, 1.82) is 0 Å². The molecule has 7 heteroatoms. The molecule has 0 saturated carbocycles. The van der Waals surface area contributed by atoms with Crippen LogP contribution in [0, 0.1) is 6.92 Å². The maximum Gasteiger partial charge on any atom is 0.293 e. The summed E-state index contributed by atoms with van der Waals surface area (Å²) in [7, 11) is 0. The molecule has 0 bridgehead atoms. The fraction of sp³-hybridized carbons (Fsp3) is 0.120. The van der Waals surface area contributed by atoms with Gasteiger partial charge < -0.3 is 5.32 Å². The van der Waals surface area contributed by atoms with Crippen molar-refractivity contribution in [1.82, 2.24) is 24.7 Å². The van der Waals surface area contributed by atoms with Crippen LogP contribution in [-0.4, -0.2) is 25.3 Å². The van der Waals surface area contributed by atoms with Crippen LogP contribution in [0.2, 0.25) is 0 Å². The molecule has 1 amide bonds. The Hall–Kier alpha value is -4.26. The normalized spacial score (nSPS) is 11.2. The van der Waals surface area contributed by atoms with E-state index in [-0.39, 0.29) is 18.0 Å². The van der Waals surface area contributed by atoms with Crippen molar-refractivity contribution in [3.05, 3.63) is 101 Å². The Morgan fingerprint density at radius 2 is 1.78 bits per heavy atom. The Morgan fingerprint density at radius 3 is 2.62 bits per heavy atom. The number of nitrogens with zero attached hydrogens (tertiary/aromatic N) is 4. The molecule has 0 aliphatic carbocycles. The van der Waals surface area contributed by atoms with Gasteiger partial charge in [0.2, 0.25) is 5.91 Å². The molecule has 5 aromatic rings. The molecule has 0 aliphatic rings. The molecule has 32 heavy (non-hydrogen) atoms. The van der Waals surface area contributed by atoms with Gasteiger partial charge in [-0.25, -0.2) is 9.20 Å². The molecule has 0 unspecified atom stereocenters. The first-order valence-corrected chi connectivity index (χ1v) is 10.3. The zero-order chi connectivity index (χ0) is 22.1. The van der Waals surface area contributed by atoms with Gasteiger partial charge in [0.1, 0.15) is 18.4 Å². The fourth-order valence-corrected chi connectivity index (χ4v) is 3.73. The predicted molar refractivity (Wildman–Crippen MR) is 123 cm³/mol. The van der Waals surface area contributed by atoms with Crippen LogP contribution in [-0.2, 0) is 17.9 Å². The lowest BCUT2D eigenvalue weighted by Gasteiger charge is -2.07. The van der Waals surface area contributed by atoms with Crippen molar-refractivity contribution < 1.29 is 4.79 Å². The van der Waals surface area contributed by atoms with Gasteiger partial charge in [-0.2, -0.15) is 10.2 Å². The van der Waals surface area contributed by atoms with Crippen LogP contribution in [0.15, 0.2) is 83.9 Å². The Kier molecular flexibility index (Phi) is 4.99. The zero-order valence-corrected chi connectivity index (χ0v) is 17.5. The molecule has 2 aromatic heterocycles. The first kappa shape index (κ1) is 19.7. The highest BCUT2D eigenvalue weighted by Crippen LogP contribution is 2.27. The molecular weight excluding hydrogens is 402 g/mol. The van der Waals surface area contributed by atoms with Gasteiger partial charge in [0.05, 0.1) is 5.69 Å². The van der Waals surface area contributed by atoms with E-state index < -0.39 is 0 Å². The monoisotopic (exact) mass is 423 g/mol. The van der Waals surface area contributed by atoms with Gasteiger partial charge in [-0.3, -0.25) is 9.59 Å². The van der Waals surface area contributed by atoms with Crippen molar-refractivity contribution in [3.63, 3.8) is 0 Å². The maximum absolute atomic E-state index is 12.9. The van der Waals surface area contributed by atoms with E-state index in [0.29, 0.717) is 17.8 Å². The minimum absolute atomic E-state index is 0.157. The van der Waals surface area contributed by atoms with E-state index in [1.807, 2.05) is 73.7 Å². The van der Waals surface area contributed by atoms with Gasteiger partial charge in [0.25, 0.3) is 5.56 Å². The second kappa shape index (κ2) is 8.11. The highest BCUT2D eigenvalue weighted by atomic mass is 16.2. The summed E-state index contributed by atoms with van der Waals surface area (Å²) in [6.45, 7) is 2.25. The number of benzene rings is 3. The first-order valence-electron chi connectivity index (χ1n) is 10.3. The van der Waals surface area contributed by atoms with Gasteiger partial charge in [0, 0.05) is 12.1 Å². The lowest BCUT2D eigenvalue weighted by Crippen LogP contribution is -2.34.